The van der Waals surface area contributed by atoms with Crippen molar-refractivity contribution in [2.45, 2.75) is 26.1 Å². The molecule has 0 saturated carbocycles. The lowest BCUT2D eigenvalue weighted by Gasteiger charge is -2.30. The molecule has 15 heavy (non-hydrogen) atoms. The normalized spacial score (nSPS) is 28.8. The molecule has 82 valence electrons. The van der Waals surface area contributed by atoms with E-state index < -0.39 is 0 Å². The van der Waals surface area contributed by atoms with Gasteiger partial charge in [0, 0.05) is 17.8 Å². The summed E-state index contributed by atoms with van der Waals surface area (Å²) in [5.74, 6) is -0.356. The van der Waals surface area contributed by atoms with Gasteiger partial charge in [0.25, 0.3) is 0 Å². The summed E-state index contributed by atoms with van der Waals surface area (Å²) in [6.45, 7) is 3.48. The van der Waals surface area contributed by atoms with Crippen LogP contribution in [0.3, 0.4) is 0 Å². The van der Waals surface area contributed by atoms with E-state index in [0.29, 0.717) is 0 Å². The quantitative estimate of drug-likeness (QED) is 0.308. The van der Waals surface area contributed by atoms with Gasteiger partial charge in [-0.3, -0.25) is 4.79 Å². The molecule has 0 aromatic heterocycles. The molecule has 6 nitrogen and oxygen atoms in total. The summed E-state index contributed by atoms with van der Waals surface area (Å²) in [5, 5.41) is 3.44. The molecule has 0 radical (unpaired) electrons. The fraction of sp³-hybridized carbons (Fsp3) is 0.667. The van der Waals surface area contributed by atoms with Crippen molar-refractivity contribution in [1.82, 2.24) is 0 Å². The van der Waals surface area contributed by atoms with Crippen LogP contribution in [0.4, 0.5) is 0 Å². The van der Waals surface area contributed by atoms with E-state index in [0.717, 1.165) is 0 Å². The molecule has 0 bridgehead atoms. The van der Waals surface area contributed by atoms with Crippen LogP contribution in [0.1, 0.15) is 13.8 Å². The van der Waals surface area contributed by atoms with Crippen molar-refractivity contribution >= 4 is 5.97 Å². The summed E-state index contributed by atoms with van der Waals surface area (Å²) in [4.78, 5) is 13.5. The number of nitrogens with zero attached hydrogens (tertiary/aromatic N) is 3. The van der Waals surface area contributed by atoms with Gasteiger partial charge in [-0.1, -0.05) is 12.0 Å². The number of carbonyl (C=O) groups excluding carboxylic acids is 1. The van der Waals surface area contributed by atoms with Crippen LogP contribution in [-0.2, 0) is 14.3 Å². The lowest BCUT2D eigenvalue weighted by Crippen LogP contribution is -2.37. The van der Waals surface area contributed by atoms with Gasteiger partial charge in [-0.2, -0.15) is 0 Å². The van der Waals surface area contributed by atoms with Gasteiger partial charge >= 0.3 is 5.97 Å². The molecule has 0 fully saturated rings. The SMILES string of the molecule is CC(=O)O[C@@H]1C=CO[C@H](CN=[N+]=[N-])[C@@H]1C. The van der Waals surface area contributed by atoms with Crippen molar-refractivity contribution in [3.05, 3.63) is 22.8 Å². The van der Waals surface area contributed by atoms with Gasteiger partial charge in [-0.25, -0.2) is 0 Å². The van der Waals surface area contributed by atoms with Crippen LogP contribution < -0.4 is 0 Å². The van der Waals surface area contributed by atoms with Gasteiger partial charge in [-0.15, -0.1) is 0 Å². The van der Waals surface area contributed by atoms with Gasteiger partial charge in [0.05, 0.1) is 12.8 Å². The first-order valence-corrected chi connectivity index (χ1v) is 4.65. The van der Waals surface area contributed by atoms with E-state index in [9.17, 15) is 4.79 Å². The molecule has 1 aliphatic heterocycles. The second-order valence-corrected chi connectivity index (χ2v) is 3.35. The Kier molecular flexibility index (Phi) is 4.00. The van der Waals surface area contributed by atoms with E-state index in [-0.39, 0.29) is 30.6 Å². The van der Waals surface area contributed by atoms with Gasteiger partial charge in [0.2, 0.25) is 0 Å². The molecular weight excluding hydrogens is 198 g/mol. The molecule has 0 spiro atoms. The van der Waals surface area contributed by atoms with Gasteiger partial charge in [0.1, 0.15) is 12.2 Å². The molecular formula is C9H13N3O3. The number of rotatable bonds is 3. The minimum Gasteiger partial charge on any atom is -0.498 e. The second kappa shape index (κ2) is 5.26. The van der Waals surface area contributed by atoms with Crippen molar-refractivity contribution in [2.24, 2.45) is 11.0 Å². The van der Waals surface area contributed by atoms with E-state index in [2.05, 4.69) is 10.0 Å². The molecule has 6 heteroatoms. The topological polar surface area (TPSA) is 84.3 Å². The number of ether oxygens (including phenoxy) is 2. The minimum atomic E-state index is -0.332. The van der Waals surface area contributed by atoms with Crippen LogP contribution in [0.5, 0.6) is 0 Å². The van der Waals surface area contributed by atoms with E-state index in [1.54, 1.807) is 6.08 Å². The van der Waals surface area contributed by atoms with Crippen molar-refractivity contribution in [3.8, 4) is 0 Å². The molecule has 0 aliphatic carbocycles. The molecule has 0 unspecified atom stereocenters. The Balaban J connectivity index is 2.61. The average Bonchev–Trinajstić information content (AvgIpc) is 2.19. The molecule has 0 amide bonds. The molecule has 0 aromatic rings. The minimum absolute atomic E-state index is 0.0237. The molecule has 0 N–H and O–H groups in total. The fourth-order valence-electron chi connectivity index (χ4n) is 1.40. The van der Waals surface area contributed by atoms with Crippen LogP contribution in [0.2, 0.25) is 0 Å². The summed E-state index contributed by atoms with van der Waals surface area (Å²) in [7, 11) is 0. The van der Waals surface area contributed by atoms with E-state index >= 15 is 0 Å². The van der Waals surface area contributed by atoms with Crippen LogP contribution in [0.15, 0.2) is 17.5 Å². The highest BCUT2D eigenvalue weighted by Gasteiger charge is 2.29. The summed E-state index contributed by atoms with van der Waals surface area (Å²) in [6, 6.07) is 0. The van der Waals surface area contributed by atoms with Crippen LogP contribution in [0, 0.1) is 5.92 Å². The summed E-state index contributed by atoms with van der Waals surface area (Å²) in [5.41, 5.74) is 8.19. The van der Waals surface area contributed by atoms with Gasteiger partial charge in [0.15, 0.2) is 0 Å². The van der Waals surface area contributed by atoms with Crippen molar-refractivity contribution < 1.29 is 14.3 Å². The monoisotopic (exact) mass is 211 g/mol. The second-order valence-electron chi connectivity index (χ2n) is 3.35. The highest BCUT2D eigenvalue weighted by atomic mass is 16.5. The van der Waals surface area contributed by atoms with Crippen molar-refractivity contribution in [1.29, 1.82) is 0 Å². The van der Waals surface area contributed by atoms with E-state index in [1.165, 1.54) is 13.2 Å². The summed E-state index contributed by atoms with van der Waals surface area (Å²) < 4.78 is 10.3. The summed E-state index contributed by atoms with van der Waals surface area (Å²) in [6.07, 6.45) is 2.61. The Morgan fingerprint density at radius 1 is 1.73 bits per heavy atom. The van der Waals surface area contributed by atoms with Gasteiger partial charge in [-0.05, 0) is 11.6 Å². The molecule has 1 aliphatic rings. The maximum absolute atomic E-state index is 10.8. The zero-order chi connectivity index (χ0) is 11.3. The Labute approximate surface area is 87.5 Å². The van der Waals surface area contributed by atoms with Gasteiger partial charge < -0.3 is 9.47 Å². The molecule has 0 aromatic carbocycles. The lowest BCUT2D eigenvalue weighted by atomic mass is 9.96. The molecule has 1 heterocycles. The Bertz CT molecular complexity index is 310. The summed E-state index contributed by atoms with van der Waals surface area (Å²) >= 11 is 0. The fourth-order valence-corrected chi connectivity index (χ4v) is 1.40. The Morgan fingerprint density at radius 3 is 3.07 bits per heavy atom. The van der Waals surface area contributed by atoms with E-state index in [1.807, 2.05) is 6.92 Å². The first-order chi connectivity index (χ1) is 7.15. The largest absolute Gasteiger partial charge is 0.498 e. The molecule has 3 atom stereocenters. The maximum Gasteiger partial charge on any atom is 0.303 e. The van der Waals surface area contributed by atoms with Crippen molar-refractivity contribution in [3.63, 3.8) is 0 Å². The molecule has 1 rings (SSSR count). The number of esters is 1. The predicted octanol–water partition coefficient (Wildman–Crippen LogP) is 1.78. The Hall–Kier alpha value is -1.68. The third-order valence-electron chi connectivity index (χ3n) is 2.25. The zero-order valence-electron chi connectivity index (χ0n) is 8.66. The third kappa shape index (κ3) is 3.18. The van der Waals surface area contributed by atoms with Crippen LogP contribution in [-0.4, -0.2) is 24.7 Å². The maximum atomic E-state index is 10.8. The van der Waals surface area contributed by atoms with Crippen LogP contribution in [0.25, 0.3) is 10.4 Å². The highest BCUT2D eigenvalue weighted by Crippen LogP contribution is 2.22. The highest BCUT2D eigenvalue weighted by molar-refractivity contribution is 5.66. The smallest absolute Gasteiger partial charge is 0.303 e. The third-order valence-corrected chi connectivity index (χ3v) is 2.25. The first-order valence-electron chi connectivity index (χ1n) is 4.65. The zero-order valence-corrected chi connectivity index (χ0v) is 8.66. The van der Waals surface area contributed by atoms with E-state index in [4.69, 9.17) is 15.0 Å². The lowest BCUT2D eigenvalue weighted by molar-refractivity contribution is -0.149. The molecule has 0 saturated heterocycles. The Morgan fingerprint density at radius 2 is 2.47 bits per heavy atom. The number of carbonyl (C=O) groups is 1. The average molecular weight is 211 g/mol. The number of azide groups is 1. The number of hydrogen-bond donors (Lipinski definition) is 0. The predicted molar refractivity (Wildman–Crippen MR) is 52.7 cm³/mol. The van der Waals surface area contributed by atoms with Crippen LogP contribution >= 0.6 is 0 Å². The standard InChI is InChI=1S/C9H13N3O3/c1-6-8(15-7(2)13)3-4-14-9(6)5-11-12-10/h3-4,6,8-9H,5H2,1-2H3/t6-,8-,9-/m1/s1. The first kappa shape index (κ1) is 11.4. The van der Waals surface area contributed by atoms with Crippen molar-refractivity contribution in [2.75, 3.05) is 6.54 Å². The number of hydrogen-bond acceptors (Lipinski definition) is 4.